The van der Waals surface area contributed by atoms with Crippen molar-refractivity contribution in [2.45, 2.75) is 20.4 Å². The van der Waals surface area contributed by atoms with Gasteiger partial charge in [-0.3, -0.25) is 14.2 Å². The minimum absolute atomic E-state index is 0.233. The lowest BCUT2D eigenvalue weighted by Crippen LogP contribution is -2.25. The molecule has 1 amide bonds. The number of rotatable bonds is 4. The van der Waals surface area contributed by atoms with E-state index in [0.717, 1.165) is 28.2 Å². The maximum atomic E-state index is 12.6. The first-order chi connectivity index (χ1) is 12.6. The van der Waals surface area contributed by atoms with Crippen LogP contribution in [0.2, 0.25) is 0 Å². The zero-order chi connectivity index (χ0) is 18.1. The molecule has 1 N–H and O–H groups in total. The Balaban J connectivity index is 1.54. The van der Waals surface area contributed by atoms with Gasteiger partial charge in [0.15, 0.2) is 0 Å². The molecule has 4 aromatic rings. The van der Waals surface area contributed by atoms with Crippen molar-refractivity contribution in [3.8, 4) is 11.3 Å². The van der Waals surface area contributed by atoms with Crippen molar-refractivity contribution in [3.63, 3.8) is 0 Å². The third-order valence-electron chi connectivity index (χ3n) is 3.99. The summed E-state index contributed by atoms with van der Waals surface area (Å²) in [5.41, 5.74) is 4.64. The Kier molecular flexibility index (Phi) is 4.18. The van der Waals surface area contributed by atoms with E-state index in [1.54, 1.807) is 21.9 Å². The molecular formula is C18H16N6OS. The predicted octanol–water partition coefficient (Wildman–Crippen LogP) is 2.79. The highest BCUT2D eigenvalue weighted by atomic mass is 32.1. The second-order valence-corrected chi connectivity index (χ2v) is 6.72. The third-order valence-corrected chi connectivity index (χ3v) is 4.67. The van der Waals surface area contributed by atoms with Crippen molar-refractivity contribution in [1.82, 2.24) is 29.9 Å². The van der Waals surface area contributed by atoms with Crippen LogP contribution in [0.5, 0.6) is 0 Å². The van der Waals surface area contributed by atoms with Gasteiger partial charge >= 0.3 is 0 Å². The molecular weight excluding hydrogens is 348 g/mol. The topological polar surface area (TPSA) is 85.1 Å². The van der Waals surface area contributed by atoms with Crippen LogP contribution in [0.3, 0.4) is 0 Å². The summed E-state index contributed by atoms with van der Waals surface area (Å²) in [5, 5.41) is 14.9. The number of thiophene rings is 1. The van der Waals surface area contributed by atoms with Gasteiger partial charge in [0.1, 0.15) is 0 Å². The first-order valence-electron chi connectivity index (χ1n) is 8.07. The van der Waals surface area contributed by atoms with Crippen molar-refractivity contribution in [1.29, 1.82) is 0 Å². The fourth-order valence-corrected chi connectivity index (χ4v) is 3.44. The molecule has 4 aromatic heterocycles. The lowest BCUT2D eigenvalue weighted by Gasteiger charge is -2.07. The summed E-state index contributed by atoms with van der Waals surface area (Å²) in [4.78, 5) is 21.2. The molecule has 4 heterocycles. The monoisotopic (exact) mass is 364 g/mol. The molecule has 7 nitrogen and oxygen atoms in total. The van der Waals surface area contributed by atoms with Crippen molar-refractivity contribution in [3.05, 3.63) is 64.0 Å². The van der Waals surface area contributed by atoms with Crippen molar-refractivity contribution in [2.75, 3.05) is 0 Å². The largest absolute Gasteiger partial charge is 0.345 e. The Bertz CT molecular complexity index is 1090. The van der Waals surface area contributed by atoms with Gasteiger partial charge in [-0.25, -0.2) is 4.98 Å². The highest BCUT2D eigenvalue weighted by Crippen LogP contribution is 2.20. The Hall–Kier alpha value is -3.13. The number of amides is 1. The Morgan fingerprint density at radius 1 is 1.23 bits per heavy atom. The Labute approximate surface area is 153 Å². The fraction of sp³-hybridized carbons (Fsp3) is 0.167. The molecule has 0 aliphatic heterocycles. The molecule has 0 saturated carbocycles. The zero-order valence-corrected chi connectivity index (χ0v) is 15.1. The quantitative estimate of drug-likeness (QED) is 0.602. The first-order valence-corrected chi connectivity index (χ1v) is 9.01. The number of hydrogen-bond donors (Lipinski definition) is 1. The van der Waals surface area contributed by atoms with Gasteiger partial charge in [-0.1, -0.05) is 0 Å². The van der Waals surface area contributed by atoms with Gasteiger partial charge in [0.25, 0.3) is 11.7 Å². The summed E-state index contributed by atoms with van der Waals surface area (Å²) in [5.74, 6) is 0.369. The maximum absolute atomic E-state index is 12.6. The molecule has 26 heavy (non-hydrogen) atoms. The van der Waals surface area contributed by atoms with Gasteiger partial charge in [-0.2, -0.15) is 11.3 Å². The lowest BCUT2D eigenvalue weighted by atomic mass is 10.1. The van der Waals surface area contributed by atoms with E-state index in [2.05, 4.69) is 25.5 Å². The molecule has 0 fully saturated rings. The molecule has 0 aliphatic rings. The van der Waals surface area contributed by atoms with E-state index in [4.69, 9.17) is 0 Å². The van der Waals surface area contributed by atoms with Crippen LogP contribution in [0.25, 0.3) is 17.0 Å². The smallest absolute Gasteiger partial charge is 0.289 e. The van der Waals surface area contributed by atoms with Gasteiger partial charge in [0, 0.05) is 35.1 Å². The number of aromatic nitrogens is 5. The second-order valence-electron chi connectivity index (χ2n) is 5.94. The number of pyridine rings is 1. The van der Waals surface area contributed by atoms with Gasteiger partial charge in [-0.15, -0.1) is 10.2 Å². The highest BCUT2D eigenvalue weighted by Gasteiger charge is 2.16. The number of nitrogens with zero attached hydrogens (tertiary/aromatic N) is 5. The fourth-order valence-electron chi connectivity index (χ4n) is 2.79. The van der Waals surface area contributed by atoms with Gasteiger partial charge in [-0.05, 0) is 49.1 Å². The van der Waals surface area contributed by atoms with Crippen LogP contribution < -0.4 is 5.32 Å². The van der Waals surface area contributed by atoms with Crippen LogP contribution >= 0.6 is 11.3 Å². The summed E-state index contributed by atoms with van der Waals surface area (Å²) >= 11 is 1.63. The minimum Gasteiger partial charge on any atom is -0.345 e. The van der Waals surface area contributed by atoms with E-state index >= 15 is 0 Å². The lowest BCUT2D eigenvalue weighted by molar-refractivity contribution is 0.0939. The van der Waals surface area contributed by atoms with E-state index in [1.807, 2.05) is 48.9 Å². The number of aryl methyl sites for hydroxylation is 2. The first kappa shape index (κ1) is 16.3. The molecule has 0 unspecified atom stereocenters. The van der Waals surface area contributed by atoms with E-state index in [0.29, 0.717) is 12.3 Å². The molecule has 0 spiro atoms. The molecule has 0 aliphatic carbocycles. The van der Waals surface area contributed by atoms with E-state index in [1.165, 1.54) is 0 Å². The van der Waals surface area contributed by atoms with Gasteiger partial charge in [0.2, 0.25) is 5.82 Å². The van der Waals surface area contributed by atoms with Crippen molar-refractivity contribution >= 4 is 23.0 Å². The van der Waals surface area contributed by atoms with Crippen LogP contribution in [-0.4, -0.2) is 30.5 Å². The molecule has 130 valence electrons. The standard InChI is InChI=1S/C18H16N6OS/c1-11-7-12(2)24-16(22-23-18(24)21-11)17(25)20-9-13-3-5-19-15(8-13)14-4-6-26-10-14/h3-8,10H,9H2,1-2H3,(H,20,25). The summed E-state index contributed by atoms with van der Waals surface area (Å²) in [6, 6.07) is 7.77. The Morgan fingerprint density at radius 2 is 2.12 bits per heavy atom. The summed E-state index contributed by atoms with van der Waals surface area (Å²) in [7, 11) is 0. The number of nitrogens with one attached hydrogen (secondary N) is 1. The van der Waals surface area contributed by atoms with Crippen molar-refractivity contribution < 1.29 is 4.79 Å². The summed E-state index contributed by atoms with van der Waals surface area (Å²) < 4.78 is 1.66. The van der Waals surface area contributed by atoms with Crippen LogP contribution in [0, 0.1) is 13.8 Å². The number of fused-ring (bicyclic) bond motifs is 1. The Morgan fingerprint density at radius 3 is 2.92 bits per heavy atom. The summed E-state index contributed by atoms with van der Waals surface area (Å²) in [6.07, 6.45) is 1.75. The number of carbonyl (C=O) groups excluding carboxylic acids is 1. The highest BCUT2D eigenvalue weighted by molar-refractivity contribution is 7.08. The number of carbonyl (C=O) groups is 1. The molecule has 8 heteroatoms. The third kappa shape index (κ3) is 3.06. The van der Waals surface area contributed by atoms with E-state index in [9.17, 15) is 4.79 Å². The maximum Gasteiger partial charge on any atom is 0.289 e. The van der Waals surface area contributed by atoms with Crippen LogP contribution in [-0.2, 0) is 6.54 Å². The molecule has 0 atom stereocenters. The minimum atomic E-state index is -0.292. The van der Waals surface area contributed by atoms with Crippen LogP contribution in [0.1, 0.15) is 27.6 Å². The summed E-state index contributed by atoms with van der Waals surface area (Å²) in [6.45, 7) is 4.17. The average Bonchev–Trinajstić information content (AvgIpc) is 3.29. The predicted molar refractivity (Wildman–Crippen MR) is 99.0 cm³/mol. The second kappa shape index (κ2) is 6.64. The van der Waals surface area contributed by atoms with Gasteiger partial charge in [0.05, 0.1) is 5.69 Å². The number of hydrogen-bond acceptors (Lipinski definition) is 6. The van der Waals surface area contributed by atoms with E-state index in [-0.39, 0.29) is 11.7 Å². The molecule has 0 bridgehead atoms. The molecule has 4 rings (SSSR count). The normalized spacial score (nSPS) is 11.0. The van der Waals surface area contributed by atoms with Crippen LogP contribution in [0.4, 0.5) is 0 Å². The molecule has 0 aromatic carbocycles. The average molecular weight is 364 g/mol. The molecule has 0 saturated heterocycles. The molecule has 0 radical (unpaired) electrons. The van der Waals surface area contributed by atoms with Crippen LogP contribution in [0.15, 0.2) is 41.2 Å². The zero-order valence-electron chi connectivity index (χ0n) is 14.3. The van der Waals surface area contributed by atoms with Crippen molar-refractivity contribution in [2.24, 2.45) is 0 Å². The SMILES string of the molecule is Cc1cc(C)n2c(C(=O)NCc3ccnc(-c4ccsc4)c3)nnc2n1. The van der Waals surface area contributed by atoms with Gasteiger partial charge < -0.3 is 5.32 Å². The van der Waals surface area contributed by atoms with E-state index < -0.39 is 0 Å².